The quantitative estimate of drug-likeness (QED) is 0.556. The fraction of sp³-hybridized carbons (Fsp3) is 1.00. The third-order valence-electron chi connectivity index (χ3n) is 4.22. The second-order valence-corrected chi connectivity index (χ2v) is 13.2. The van der Waals surface area contributed by atoms with Crippen molar-refractivity contribution in [3.63, 3.8) is 0 Å². The van der Waals surface area contributed by atoms with Gasteiger partial charge in [0.15, 0.2) is 0 Å². The molecular formula is C14H28O8S2Si. The van der Waals surface area contributed by atoms with Crippen LogP contribution in [0.15, 0.2) is 0 Å². The molecule has 0 atom stereocenters. The Morgan fingerprint density at radius 3 is 1.28 bits per heavy atom. The van der Waals surface area contributed by atoms with E-state index in [0.29, 0.717) is 25.7 Å². The summed E-state index contributed by atoms with van der Waals surface area (Å²) in [6.07, 6.45) is 7.48. The van der Waals surface area contributed by atoms with Gasteiger partial charge in [0, 0.05) is 0 Å². The zero-order valence-electron chi connectivity index (χ0n) is 14.8. The van der Waals surface area contributed by atoms with Crippen molar-refractivity contribution in [2.24, 2.45) is 0 Å². The van der Waals surface area contributed by atoms with Crippen molar-refractivity contribution in [1.82, 2.24) is 0 Å². The largest absolute Gasteiger partial charge is 0.392 e. The van der Waals surface area contributed by atoms with Crippen LogP contribution in [0.2, 0.25) is 13.1 Å². The Bertz CT molecular complexity index is 565. The van der Waals surface area contributed by atoms with Crippen molar-refractivity contribution in [2.75, 3.05) is 0 Å². The van der Waals surface area contributed by atoms with Gasteiger partial charge in [0.2, 0.25) is 0 Å². The van der Waals surface area contributed by atoms with Gasteiger partial charge >= 0.3 is 29.4 Å². The molecule has 0 aliphatic heterocycles. The monoisotopic (exact) mass is 416 g/mol. The lowest BCUT2D eigenvalue weighted by Crippen LogP contribution is -2.42. The molecule has 0 saturated heterocycles. The topological polar surface area (TPSA) is 105 Å². The van der Waals surface area contributed by atoms with E-state index in [9.17, 15) is 16.8 Å². The minimum absolute atomic E-state index is 0.418. The Kier molecular flexibility index (Phi) is 7.45. The Morgan fingerprint density at radius 1 is 0.640 bits per heavy atom. The summed E-state index contributed by atoms with van der Waals surface area (Å²) >= 11 is 0. The molecule has 0 unspecified atom stereocenters. The van der Waals surface area contributed by atoms with E-state index in [-0.39, 0.29) is 0 Å². The van der Waals surface area contributed by atoms with Gasteiger partial charge in [-0.25, -0.2) is 8.37 Å². The lowest BCUT2D eigenvalue weighted by molar-refractivity contribution is 0.133. The molecule has 25 heavy (non-hydrogen) atoms. The fourth-order valence-electron chi connectivity index (χ4n) is 3.20. The van der Waals surface area contributed by atoms with Crippen LogP contribution in [0.4, 0.5) is 0 Å². The van der Waals surface area contributed by atoms with Crippen LogP contribution in [0.1, 0.15) is 64.2 Å². The van der Waals surface area contributed by atoms with E-state index in [2.05, 4.69) is 0 Å². The van der Waals surface area contributed by atoms with Crippen molar-refractivity contribution < 1.29 is 32.9 Å². The van der Waals surface area contributed by atoms with Gasteiger partial charge in [-0.15, -0.1) is 0 Å². The number of hydrogen-bond donors (Lipinski definition) is 0. The second-order valence-electron chi connectivity index (χ2n) is 7.10. The molecule has 0 amide bonds. The summed E-state index contributed by atoms with van der Waals surface area (Å²) in [6.45, 7) is 2.66. The first kappa shape index (κ1) is 21.3. The third-order valence-corrected chi connectivity index (χ3v) is 10.1. The van der Waals surface area contributed by atoms with Gasteiger partial charge in [-0.1, -0.05) is 38.5 Å². The molecule has 11 heteroatoms. The van der Waals surface area contributed by atoms with E-state index in [0.717, 1.165) is 38.5 Å². The molecule has 0 aromatic rings. The third kappa shape index (κ3) is 8.02. The Labute approximate surface area is 152 Å². The van der Waals surface area contributed by atoms with E-state index in [4.69, 9.17) is 16.1 Å². The average molecular weight is 417 g/mol. The summed E-state index contributed by atoms with van der Waals surface area (Å²) in [5.41, 5.74) is 0. The summed E-state index contributed by atoms with van der Waals surface area (Å²) < 4.78 is 68.3. The molecule has 2 aliphatic carbocycles. The molecule has 0 spiro atoms. The number of rotatable bonds is 8. The molecule has 2 rings (SSSR count). The fourth-order valence-corrected chi connectivity index (χ4v) is 8.86. The summed E-state index contributed by atoms with van der Waals surface area (Å²) in [5.74, 6) is 0. The molecule has 0 aromatic carbocycles. The smallest absolute Gasteiger partial charge is 0.262 e. The van der Waals surface area contributed by atoms with Crippen LogP contribution < -0.4 is 0 Å². The highest BCUT2D eigenvalue weighted by Crippen LogP contribution is 2.26. The molecule has 2 aliphatic rings. The van der Waals surface area contributed by atoms with Crippen LogP contribution in [0.25, 0.3) is 0 Å². The molecule has 0 radical (unpaired) electrons. The lowest BCUT2D eigenvalue weighted by atomic mass is 9.98. The van der Waals surface area contributed by atoms with E-state index < -0.39 is 41.6 Å². The maximum atomic E-state index is 12.1. The Morgan fingerprint density at radius 2 is 0.960 bits per heavy atom. The summed E-state index contributed by atoms with van der Waals surface area (Å²) in [7, 11) is -12.2. The first-order valence-electron chi connectivity index (χ1n) is 8.85. The molecule has 2 fully saturated rings. The molecule has 0 N–H and O–H groups in total. The molecule has 148 valence electrons. The van der Waals surface area contributed by atoms with Gasteiger partial charge in [-0.3, -0.25) is 7.74 Å². The maximum Gasteiger partial charge on any atom is 0.392 e. The van der Waals surface area contributed by atoms with Crippen LogP contribution in [0, 0.1) is 0 Å². The van der Waals surface area contributed by atoms with Crippen molar-refractivity contribution in [2.45, 2.75) is 89.5 Å². The van der Waals surface area contributed by atoms with E-state index in [1.165, 1.54) is 13.1 Å². The molecule has 2 saturated carbocycles. The van der Waals surface area contributed by atoms with Crippen molar-refractivity contribution in [1.29, 1.82) is 0 Å². The Balaban J connectivity index is 1.90. The molecule has 0 bridgehead atoms. The van der Waals surface area contributed by atoms with Crippen LogP contribution in [0.3, 0.4) is 0 Å². The van der Waals surface area contributed by atoms with E-state index in [1.54, 1.807) is 0 Å². The standard InChI is InChI=1S/C14H28O8S2Si/c1-25(2,21-23(15,16)19-13-9-5-3-6-10-13)22-24(17,18)20-14-11-7-4-8-12-14/h13-14H,3-12H2,1-2H3. The van der Waals surface area contributed by atoms with Gasteiger partial charge in [0.05, 0.1) is 12.2 Å². The van der Waals surface area contributed by atoms with Crippen molar-refractivity contribution in [3.8, 4) is 0 Å². The van der Waals surface area contributed by atoms with Gasteiger partial charge < -0.3 is 0 Å². The summed E-state index contributed by atoms with van der Waals surface area (Å²) in [4.78, 5) is 0. The van der Waals surface area contributed by atoms with Crippen LogP contribution >= 0.6 is 0 Å². The Hall–Kier alpha value is -0.0431. The second kappa shape index (κ2) is 8.76. The lowest BCUT2D eigenvalue weighted by Gasteiger charge is -2.26. The number of hydrogen-bond acceptors (Lipinski definition) is 8. The van der Waals surface area contributed by atoms with Crippen LogP contribution in [-0.4, -0.2) is 37.6 Å². The maximum absolute atomic E-state index is 12.1. The zero-order chi connectivity index (χ0) is 18.6. The predicted octanol–water partition coefficient (Wildman–Crippen LogP) is 2.91. The van der Waals surface area contributed by atoms with Crippen molar-refractivity contribution in [3.05, 3.63) is 0 Å². The molecule has 8 nitrogen and oxygen atoms in total. The highest BCUT2D eigenvalue weighted by molar-refractivity contribution is 7.84. The zero-order valence-corrected chi connectivity index (χ0v) is 17.4. The SMILES string of the molecule is C[Si](C)(OS(=O)(=O)OC1CCCCC1)OS(=O)(=O)OC1CCCCC1. The van der Waals surface area contributed by atoms with E-state index in [1.807, 2.05) is 0 Å². The van der Waals surface area contributed by atoms with Crippen LogP contribution in [-0.2, 0) is 36.9 Å². The molecule has 0 heterocycles. The first-order valence-corrected chi connectivity index (χ1v) is 14.3. The normalized spacial score (nSPS) is 22.2. The highest BCUT2D eigenvalue weighted by atomic mass is 32.3. The highest BCUT2D eigenvalue weighted by Gasteiger charge is 2.40. The molecule has 0 aromatic heterocycles. The minimum Gasteiger partial charge on any atom is -0.262 e. The van der Waals surface area contributed by atoms with Gasteiger partial charge in [0.25, 0.3) is 0 Å². The average Bonchev–Trinajstić information content (AvgIpc) is 2.45. The van der Waals surface area contributed by atoms with E-state index >= 15 is 0 Å². The summed E-state index contributed by atoms with van der Waals surface area (Å²) in [5, 5.41) is 0. The summed E-state index contributed by atoms with van der Waals surface area (Å²) in [6, 6.07) is 0. The predicted molar refractivity (Wildman–Crippen MR) is 93.4 cm³/mol. The minimum atomic E-state index is -4.33. The van der Waals surface area contributed by atoms with Gasteiger partial charge in [0.1, 0.15) is 0 Å². The van der Waals surface area contributed by atoms with Crippen molar-refractivity contribution >= 4 is 29.4 Å². The molecular weight excluding hydrogens is 388 g/mol. The van der Waals surface area contributed by atoms with Gasteiger partial charge in [-0.2, -0.15) is 16.8 Å². The first-order chi connectivity index (χ1) is 11.6. The van der Waals surface area contributed by atoms with Gasteiger partial charge in [-0.05, 0) is 38.8 Å². The van der Waals surface area contributed by atoms with Crippen LogP contribution in [0.5, 0.6) is 0 Å².